The van der Waals surface area contributed by atoms with Crippen LogP contribution in [-0.4, -0.2) is 35.7 Å². The number of carbonyl (C=O) groups is 2. The van der Waals surface area contributed by atoms with Gasteiger partial charge in [-0.05, 0) is 31.5 Å². The van der Waals surface area contributed by atoms with Gasteiger partial charge in [-0.3, -0.25) is 4.79 Å². The molecule has 0 aliphatic carbocycles. The molecule has 146 valence electrons. The number of aliphatic hydroxyl groups is 1. The Hall–Kier alpha value is -2.90. The number of ether oxygens (including phenoxy) is 1. The van der Waals surface area contributed by atoms with Gasteiger partial charge in [-0.25, -0.2) is 0 Å². The third-order valence-electron chi connectivity index (χ3n) is 3.39. The lowest BCUT2D eigenvalue weighted by atomic mass is 10.1. The van der Waals surface area contributed by atoms with E-state index in [9.17, 15) is 19.8 Å². The summed E-state index contributed by atoms with van der Waals surface area (Å²) in [6, 6.07) is 14.4. The second-order valence-electron chi connectivity index (χ2n) is 5.78. The van der Waals surface area contributed by atoms with Crippen molar-refractivity contribution in [3.63, 3.8) is 0 Å². The minimum Gasteiger partial charge on any atom is -0.548 e. The number of hydrogen-bond acceptors (Lipinski definition) is 5. The molecule has 0 bridgehead atoms. The standard InChI is InChI=1S/C18H19NO5.C2H7N/c1-12(20)16(18(22)23)19-17(21)14-9-5-6-10-15(14)24-11-13-7-3-2-4-8-13;1-2-3/h2-10,12,16,20H,11H2,1H3,(H,19,21)(H,22,23);2-3H2,1H3/t12-,16+;/m0./s1. The van der Waals surface area contributed by atoms with Gasteiger partial charge in [0.2, 0.25) is 0 Å². The predicted molar refractivity (Wildman–Crippen MR) is 98.6 cm³/mol. The Balaban J connectivity index is 0.00000114. The van der Waals surface area contributed by atoms with E-state index in [0.29, 0.717) is 5.75 Å². The number of benzene rings is 2. The quantitative estimate of drug-likeness (QED) is 0.616. The molecule has 2 atom stereocenters. The predicted octanol–water partition coefficient (Wildman–Crippen LogP) is -0.257. The molecule has 0 saturated carbocycles. The first-order valence-electron chi connectivity index (χ1n) is 8.65. The molecule has 0 spiro atoms. The Morgan fingerprint density at radius 1 is 1.15 bits per heavy atom. The molecule has 0 aliphatic rings. The Bertz CT molecular complexity index is 719. The summed E-state index contributed by atoms with van der Waals surface area (Å²) in [4.78, 5) is 23.3. The fourth-order valence-electron chi connectivity index (χ4n) is 2.11. The second kappa shape index (κ2) is 11.7. The highest BCUT2D eigenvalue weighted by atomic mass is 16.5. The number of carbonyl (C=O) groups excluding carboxylic acids is 2. The Morgan fingerprint density at radius 2 is 1.70 bits per heavy atom. The summed E-state index contributed by atoms with van der Waals surface area (Å²) in [5.41, 5.74) is 4.60. The van der Waals surface area contributed by atoms with Crippen LogP contribution >= 0.6 is 0 Å². The van der Waals surface area contributed by atoms with Gasteiger partial charge in [-0.1, -0.05) is 42.5 Å². The normalized spacial score (nSPS) is 12.1. The van der Waals surface area contributed by atoms with Crippen molar-refractivity contribution in [3.05, 3.63) is 65.7 Å². The van der Waals surface area contributed by atoms with Gasteiger partial charge in [0.1, 0.15) is 12.4 Å². The third-order valence-corrected chi connectivity index (χ3v) is 3.39. The lowest BCUT2D eigenvalue weighted by molar-refractivity contribution is -0.361. The van der Waals surface area contributed by atoms with Gasteiger partial charge in [0.25, 0.3) is 5.91 Å². The smallest absolute Gasteiger partial charge is 0.255 e. The molecule has 27 heavy (non-hydrogen) atoms. The molecule has 0 fully saturated rings. The van der Waals surface area contributed by atoms with E-state index in [-0.39, 0.29) is 12.2 Å². The maximum atomic E-state index is 12.3. The van der Waals surface area contributed by atoms with Gasteiger partial charge in [-0.2, -0.15) is 0 Å². The van der Waals surface area contributed by atoms with Crippen molar-refractivity contribution in [1.29, 1.82) is 0 Å². The number of nitrogens with one attached hydrogen (secondary N) is 1. The SMILES string of the molecule is CC[NH3+].C[C@H](O)[C@@H](NC(=O)c1ccccc1OCc1ccccc1)C(=O)[O-]. The summed E-state index contributed by atoms with van der Waals surface area (Å²) >= 11 is 0. The minimum atomic E-state index is -1.55. The zero-order valence-electron chi connectivity index (χ0n) is 15.6. The van der Waals surface area contributed by atoms with Crippen LogP contribution in [0, 0.1) is 0 Å². The summed E-state index contributed by atoms with van der Waals surface area (Å²) in [5.74, 6) is -1.89. The van der Waals surface area contributed by atoms with Gasteiger partial charge in [0.05, 0.1) is 30.2 Å². The molecule has 0 aliphatic heterocycles. The van der Waals surface area contributed by atoms with E-state index in [0.717, 1.165) is 12.1 Å². The highest BCUT2D eigenvalue weighted by molar-refractivity contribution is 5.98. The molecule has 5 N–H and O–H groups in total. The van der Waals surface area contributed by atoms with Crippen LogP contribution in [0.3, 0.4) is 0 Å². The van der Waals surface area contributed by atoms with Crippen molar-refractivity contribution >= 4 is 11.9 Å². The monoisotopic (exact) mass is 374 g/mol. The number of amides is 1. The molecule has 7 heteroatoms. The molecule has 2 rings (SSSR count). The van der Waals surface area contributed by atoms with E-state index >= 15 is 0 Å². The molecule has 2 aromatic carbocycles. The lowest BCUT2D eigenvalue weighted by Crippen LogP contribution is -2.53. The van der Waals surface area contributed by atoms with Gasteiger partial charge in [0.15, 0.2) is 0 Å². The number of hydrogen-bond donors (Lipinski definition) is 3. The van der Waals surface area contributed by atoms with E-state index in [2.05, 4.69) is 11.1 Å². The third kappa shape index (κ3) is 7.47. The molecule has 0 saturated heterocycles. The van der Waals surface area contributed by atoms with Crippen molar-refractivity contribution in [2.45, 2.75) is 32.6 Å². The number of aliphatic hydroxyl groups excluding tert-OH is 1. The number of quaternary nitrogens is 1. The number of aliphatic carboxylic acids is 1. The summed E-state index contributed by atoms with van der Waals surface area (Å²) in [6.45, 7) is 4.55. The van der Waals surface area contributed by atoms with E-state index in [4.69, 9.17) is 4.74 Å². The molecular formula is C20H26N2O5. The van der Waals surface area contributed by atoms with Gasteiger partial charge in [0, 0.05) is 0 Å². The van der Waals surface area contributed by atoms with Gasteiger partial charge >= 0.3 is 0 Å². The molecule has 0 radical (unpaired) electrons. The molecule has 7 nitrogen and oxygen atoms in total. The Labute approximate surface area is 158 Å². The van der Waals surface area contributed by atoms with E-state index in [1.54, 1.807) is 18.2 Å². The molecule has 0 heterocycles. The maximum absolute atomic E-state index is 12.3. The zero-order chi connectivity index (χ0) is 20.2. The van der Waals surface area contributed by atoms with Crippen LogP contribution in [0.2, 0.25) is 0 Å². The van der Waals surface area contributed by atoms with Crippen LogP contribution in [0.4, 0.5) is 0 Å². The van der Waals surface area contributed by atoms with Crippen molar-refractivity contribution < 1.29 is 30.3 Å². The van der Waals surface area contributed by atoms with Gasteiger partial charge < -0.3 is 30.8 Å². The molecule has 2 aromatic rings. The number of carboxylic acid groups (broad SMARTS) is 1. The van der Waals surface area contributed by atoms with Crippen LogP contribution in [-0.2, 0) is 11.4 Å². The molecule has 1 amide bonds. The first kappa shape index (κ1) is 22.1. The molecular weight excluding hydrogens is 348 g/mol. The minimum absolute atomic E-state index is 0.181. The van der Waals surface area contributed by atoms with Crippen LogP contribution in [0.15, 0.2) is 54.6 Å². The fraction of sp³-hybridized carbons (Fsp3) is 0.300. The van der Waals surface area contributed by atoms with Crippen LogP contribution in [0.25, 0.3) is 0 Å². The average molecular weight is 374 g/mol. The second-order valence-corrected chi connectivity index (χ2v) is 5.78. The van der Waals surface area contributed by atoms with Gasteiger partial charge in [-0.15, -0.1) is 0 Å². The molecule has 0 unspecified atom stereocenters. The van der Waals surface area contributed by atoms with Crippen molar-refractivity contribution in [3.8, 4) is 5.75 Å². The summed E-state index contributed by atoms with van der Waals surface area (Å²) < 4.78 is 5.66. The first-order valence-corrected chi connectivity index (χ1v) is 8.65. The summed E-state index contributed by atoms with van der Waals surface area (Å²) in [7, 11) is 0. The largest absolute Gasteiger partial charge is 0.548 e. The Kier molecular flexibility index (Phi) is 9.57. The highest BCUT2D eigenvalue weighted by Gasteiger charge is 2.21. The summed E-state index contributed by atoms with van der Waals surface area (Å²) in [6.07, 6.45) is -1.28. The number of rotatable bonds is 7. The van der Waals surface area contributed by atoms with E-state index in [1.165, 1.54) is 13.0 Å². The maximum Gasteiger partial charge on any atom is 0.255 e. The van der Waals surface area contributed by atoms with Crippen molar-refractivity contribution in [2.75, 3.05) is 6.54 Å². The topological polar surface area (TPSA) is 126 Å². The summed E-state index contributed by atoms with van der Waals surface area (Å²) in [5, 5.41) is 22.7. The average Bonchev–Trinajstić information content (AvgIpc) is 2.65. The highest BCUT2D eigenvalue weighted by Crippen LogP contribution is 2.19. The van der Waals surface area contributed by atoms with Crippen LogP contribution in [0.5, 0.6) is 5.75 Å². The van der Waals surface area contributed by atoms with Crippen LogP contribution in [0.1, 0.15) is 29.8 Å². The lowest BCUT2D eigenvalue weighted by Gasteiger charge is -2.22. The van der Waals surface area contributed by atoms with Crippen molar-refractivity contribution in [2.24, 2.45) is 0 Å². The fourth-order valence-corrected chi connectivity index (χ4v) is 2.11. The number of carboxylic acids is 1. The van der Waals surface area contributed by atoms with E-state index < -0.39 is 24.0 Å². The Morgan fingerprint density at radius 3 is 2.26 bits per heavy atom. The molecule has 0 aromatic heterocycles. The first-order chi connectivity index (χ1) is 12.9. The zero-order valence-corrected chi connectivity index (χ0v) is 15.6. The van der Waals surface area contributed by atoms with Crippen molar-refractivity contribution in [1.82, 2.24) is 5.32 Å². The van der Waals surface area contributed by atoms with Crippen LogP contribution < -0.4 is 20.9 Å². The van der Waals surface area contributed by atoms with E-state index in [1.807, 2.05) is 37.3 Å². The number of para-hydroxylation sites is 1.